The van der Waals surface area contributed by atoms with E-state index < -0.39 is 17.9 Å². The molecule has 0 heterocycles. The van der Waals surface area contributed by atoms with Crippen molar-refractivity contribution in [1.82, 2.24) is 5.32 Å². The average Bonchev–Trinajstić information content (AvgIpc) is 2.55. The second-order valence-corrected chi connectivity index (χ2v) is 5.31. The van der Waals surface area contributed by atoms with E-state index in [-0.39, 0.29) is 12.3 Å². The SMILES string of the molecule is CC(=O)Nc1ccc(C(=O)N[C@@H](Cc2ccccc2)C(=O)O)cc1. The van der Waals surface area contributed by atoms with Crippen molar-refractivity contribution < 1.29 is 19.5 Å². The number of aliphatic carboxylic acids is 1. The molecule has 0 saturated heterocycles. The highest BCUT2D eigenvalue weighted by molar-refractivity contribution is 5.97. The van der Waals surface area contributed by atoms with Crippen LogP contribution in [0.2, 0.25) is 0 Å². The molecule has 0 radical (unpaired) electrons. The Bertz CT molecular complexity index is 726. The lowest BCUT2D eigenvalue weighted by Crippen LogP contribution is -2.42. The van der Waals surface area contributed by atoms with E-state index >= 15 is 0 Å². The van der Waals surface area contributed by atoms with Crippen LogP contribution < -0.4 is 10.6 Å². The summed E-state index contributed by atoms with van der Waals surface area (Å²) in [5.74, 6) is -1.78. The molecule has 3 N–H and O–H groups in total. The first-order valence-electron chi connectivity index (χ1n) is 7.41. The summed E-state index contributed by atoms with van der Waals surface area (Å²) in [6, 6.07) is 14.3. The second kappa shape index (κ2) is 7.92. The van der Waals surface area contributed by atoms with Crippen molar-refractivity contribution in [1.29, 1.82) is 0 Å². The predicted molar refractivity (Wildman–Crippen MR) is 89.8 cm³/mol. The molecule has 0 spiro atoms. The van der Waals surface area contributed by atoms with Gasteiger partial charge < -0.3 is 15.7 Å². The number of carboxylic acids is 1. The maximum absolute atomic E-state index is 12.2. The van der Waals surface area contributed by atoms with Gasteiger partial charge in [-0.2, -0.15) is 0 Å². The molecule has 24 heavy (non-hydrogen) atoms. The predicted octanol–water partition coefficient (Wildman–Crippen LogP) is 2.07. The van der Waals surface area contributed by atoms with Crippen LogP contribution in [0, 0.1) is 0 Å². The lowest BCUT2D eigenvalue weighted by atomic mass is 10.1. The molecule has 0 fully saturated rings. The minimum absolute atomic E-state index is 0.200. The molecule has 0 bridgehead atoms. The number of rotatable bonds is 6. The fourth-order valence-corrected chi connectivity index (χ4v) is 2.20. The fourth-order valence-electron chi connectivity index (χ4n) is 2.20. The van der Waals surface area contributed by atoms with Gasteiger partial charge in [0.1, 0.15) is 6.04 Å². The maximum atomic E-state index is 12.2. The van der Waals surface area contributed by atoms with E-state index in [1.165, 1.54) is 19.1 Å². The number of amides is 2. The van der Waals surface area contributed by atoms with Gasteiger partial charge in [0.2, 0.25) is 5.91 Å². The second-order valence-electron chi connectivity index (χ2n) is 5.31. The minimum atomic E-state index is -1.10. The van der Waals surface area contributed by atoms with Crippen molar-refractivity contribution in [2.24, 2.45) is 0 Å². The summed E-state index contributed by atoms with van der Waals surface area (Å²) in [6.07, 6.45) is 0.200. The number of carbonyl (C=O) groups is 3. The zero-order chi connectivity index (χ0) is 17.5. The van der Waals surface area contributed by atoms with Crippen molar-refractivity contribution in [2.75, 3.05) is 5.32 Å². The van der Waals surface area contributed by atoms with Gasteiger partial charge >= 0.3 is 5.97 Å². The number of hydrogen-bond donors (Lipinski definition) is 3. The Hall–Kier alpha value is -3.15. The van der Waals surface area contributed by atoms with Crippen molar-refractivity contribution in [2.45, 2.75) is 19.4 Å². The molecule has 6 nitrogen and oxygen atoms in total. The van der Waals surface area contributed by atoms with Crippen molar-refractivity contribution in [3.8, 4) is 0 Å². The molecule has 0 aliphatic heterocycles. The molecule has 2 rings (SSSR count). The molecule has 124 valence electrons. The molecule has 1 atom stereocenters. The zero-order valence-corrected chi connectivity index (χ0v) is 13.2. The number of nitrogens with one attached hydrogen (secondary N) is 2. The summed E-state index contributed by atoms with van der Waals surface area (Å²) < 4.78 is 0. The van der Waals surface area contributed by atoms with Crippen LogP contribution in [0.4, 0.5) is 5.69 Å². The van der Waals surface area contributed by atoms with E-state index in [9.17, 15) is 19.5 Å². The Kier molecular flexibility index (Phi) is 5.68. The smallest absolute Gasteiger partial charge is 0.326 e. The van der Waals surface area contributed by atoms with Crippen LogP contribution in [0.25, 0.3) is 0 Å². The molecule has 0 aliphatic rings. The fraction of sp³-hybridized carbons (Fsp3) is 0.167. The number of carbonyl (C=O) groups excluding carboxylic acids is 2. The molecule has 0 unspecified atom stereocenters. The Morgan fingerprint density at radius 1 is 1.00 bits per heavy atom. The highest BCUT2D eigenvalue weighted by Crippen LogP contribution is 2.10. The quantitative estimate of drug-likeness (QED) is 0.757. The summed E-state index contributed by atoms with van der Waals surface area (Å²) in [7, 11) is 0. The average molecular weight is 326 g/mol. The lowest BCUT2D eigenvalue weighted by Gasteiger charge is -2.15. The first-order chi connectivity index (χ1) is 11.5. The van der Waals surface area contributed by atoms with Crippen molar-refractivity contribution in [3.63, 3.8) is 0 Å². The van der Waals surface area contributed by atoms with Gasteiger partial charge in [-0.1, -0.05) is 30.3 Å². The Morgan fingerprint density at radius 2 is 1.62 bits per heavy atom. The minimum Gasteiger partial charge on any atom is -0.480 e. The summed E-state index contributed by atoms with van der Waals surface area (Å²) in [5.41, 5.74) is 1.72. The van der Waals surface area contributed by atoms with Gasteiger partial charge in [0.15, 0.2) is 0 Å². The van der Waals surface area contributed by atoms with E-state index in [4.69, 9.17) is 0 Å². The van der Waals surface area contributed by atoms with E-state index in [2.05, 4.69) is 10.6 Å². The zero-order valence-electron chi connectivity index (χ0n) is 13.2. The normalized spacial score (nSPS) is 11.4. The van der Waals surface area contributed by atoms with Crippen LogP contribution in [0.15, 0.2) is 54.6 Å². The first-order valence-corrected chi connectivity index (χ1v) is 7.41. The summed E-state index contributed by atoms with van der Waals surface area (Å²) in [4.78, 5) is 34.6. The van der Waals surface area contributed by atoms with Gasteiger partial charge in [0, 0.05) is 24.6 Å². The lowest BCUT2D eigenvalue weighted by molar-refractivity contribution is -0.139. The number of benzene rings is 2. The molecule has 0 aromatic heterocycles. The topological polar surface area (TPSA) is 95.5 Å². The van der Waals surface area contributed by atoms with Gasteiger partial charge in [-0.25, -0.2) is 4.79 Å². The van der Waals surface area contributed by atoms with Crippen LogP contribution in [0.5, 0.6) is 0 Å². The van der Waals surface area contributed by atoms with Gasteiger partial charge in [0.25, 0.3) is 5.91 Å². The Labute approximate surface area is 139 Å². The van der Waals surface area contributed by atoms with Gasteiger partial charge in [-0.05, 0) is 29.8 Å². The number of anilines is 1. The monoisotopic (exact) mass is 326 g/mol. The Balaban J connectivity index is 2.05. The van der Waals surface area contributed by atoms with Gasteiger partial charge in [-0.3, -0.25) is 9.59 Å². The third-order valence-corrected chi connectivity index (χ3v) is 3.35. The third-order valence-electron chi connectivity index (χ3n) is 3.35. The first kappa shape index (κ1) is 17.2. The molecule has 2 aromatic rings. The highest BCUT2D eigenvalue weighted by Gasteiger charge is 2.21. The van der Waals surface area contributed by atoms with E-state index in [0.717, 1.165) is 5.56 Å². The summed E-state index contributed by atoms with van der Waals surface area (Å²) in [5, 5.41) is 14.4. The summed E-state index contributed by atoms with van der Waals surface area (Å²) >= 11 is 0. The standard InChI is InChI=1S/C18H18N2O4/c1-12(21)19-15-9-7-14(8-10-15)17(22)20-16(18(23)24)11-13-5-3-2-4-6-13/h2-10,16H,11H2,1H3,(H,19,21)(H,20,22)(H,23,24)/t16-/m0/s1. The molecule has 2 aromatic carbocycles. The van der Waals surface area contributed by atoms with E-state index in [1.807, 2.05) is 30.3 Å². The van der Waals surface area contributed by atoms with Gasteiger partial charge in [-0.15, -0.1) is 0 Å². The van der Waals surface area contributed by atoms with Crippen LogP contribution in [-0.2, 0) is 16.0 Å². The van der Waals surface area contributed by atoms with Crippen LogP contribution in [0.1, 0.15) is 22.8 Å². The van der Waals surface area contributed by atoms with Crippen LogP contribution >= 0.6 is 0 Å². The van der Waals surface area contributed by atoms with E-state index in [0.29, 0.717) is 11.3 Å². The van der Waals surface area contributed by atoms with Gasteiger partial charge in [0.05, 0.1) is 0 Å². The number of carboxylic acid groups (broad SMARTS) is 1. The van der Waals surface area contributed by atoms with Crippen molar-refractivity contribution >= 4 is 23.5 Å². The molecule has 0 saturated carbocycles. The van der Waals surface area contributed by atoms with Crippen molar-refractivity contribution in [3.05, 3.63) is 65.7 Å². The highest BCUT2D eigenvalue weighted by atomic mass is 16.4. The van der Waals surface area contributed by atoms with Crippen LogP contribution in [-0.4, -0.2) is 28.9 Å². The molecule has 0 aliphatic carbocycles. The van der Waals surface area contributed by atoms with E-state index in [1.54, 1.807) is 12.1 Å². The summed E-state index contributed by atoms with van der Waals surface area (Å²) in [6.45, 7) is 1.39. The molecular weight excluding hydrogens is 308 g/mol. The molecular formula is C18H18N2O4. The third kappa shape index (κ3) is 4.95. The molecule has 6 heteroatoms. The largest absolute Gasteiger partial charge is 0.480 e. The Morgan fingerprint density at radius 3 is 2.17 bits per heavy atom. The van der Waals surface area contributed by atoms with Crippen LogP contribution in [0.3, 0.4) is 0 Å². The molecule has 2 amide bonds. The maximum Gasteiger partial charge on any atom is 0.326 e. The number of hydrogen-bond acceptors (Lipinski definition) is 3.